The van der Waals surface area contributed by atoms with Gasteiger partial charge in [-0.3, -0.25) is 4.79 Å². The van der Waals surface area contributed by atoms with Gasteiger partial charge in [0, 0.05) is 11.6 Å². The van der Waals surface area contributed by atoms with Crippen molar-refractivity contribution in [2.45, 2.75) is 45.9 Å². The lowest BCUT2D eigenvalue weighted by Crippen LogP contribution is -2.37. The molecule has 0 aliphatic rings. The van der Waals surface area contributed by atoms with Crippen LogP contribution in [0.1, 0.15) is 31.9 Å². The first-order valence-electron chi connectivity index (χ1n) is 7.69. The van der Waals surface area contributed by atoms with Gasteiger partial charge < -0.3 is 9.73 Å². The van der Waals surface area contributed by atoms with Gasteiger partial charge in [0.2, 0.25) is 11.8 Å². The van der Waals surface area contributed by atoms with Crippen molar-refractivity contribution in [1.29, 1.82) is 0 Å². The van der Waals surface area contributed by atoms with Crippen LogP contribution in [0.2, 0.25) is 0 Å². The van der Waals surface area contributed by atoms with E-state index in [1.165, 1.54) is 11.8 Å². The Kier molecular flexibility index (Phi) is 5.82. The van der Waals surface area contributed by atoms with Crippen LogP contribution in [0.3, 0.4) is 0 Å². The lowest BCUT2D eigenvalue weighted by atomic mass is 10.1. The topological polar surface area (TPSA) is 68.0 Å². The second-order valence-corrected chi connectivity index (χ2v) is 7.06. The number of aromatic nitrogens is 2. The van der Waals surface area contributed by atoms with Crippen LogP contribution >= 0.6 is 11.8 Å². The molecule has 0 aliphatic carbocycles. The monoisotopic (exact) mass is 333 g/mol. The molecule has 1 N–H and O–H groups in total. The van der Waals surface area contributed by atoms with Gasteiger partial charge in [-0.05, 0) is 38.8 Å². The highest BCUT2D eigenvalue weighted by molar-refractivity contribution is 7.99. The summed E-state index contributed by atoms with van der Waals surface area (Å²) in [6, 6.07) is 6.25. The summed E-state index contributed by atoms with van der Waals surface area (Å²) in [5, 5.41) is 11.4. The molecule has 0 fully saturated rings. The molecule has 6 heteroatoms. The quantitative estimate of drug-likeness (QED) is 0.818. The van der Waals surface area contributed by atoms with Crippen LogP contribution in [0.25, 0.3) is 11.5 Å². The van der Waals surface area contributed by atoms with E-state index in [9.17, 15) is 4.79 Å². The van der Waals surface area contributed by atoms with Crippen LogP contribution in [0.5, 0.6) is 0 Å². The van der Waals surface area contributed by atoms with E-state index in [2.05, 4.69) is 35.4 Å². The number of carbonyl (C=O) groups is 1. The number of aryl methyl sites for hydroxylation is 2. The minimum atomic E-state index is -0.0256. The Morgan fingerprint density at radius 2 is 1.83 bits per heavy atom. The first-order valence-corrected chi connectivity index (χ1v) is 8.68. The highest BCUT2D eigenvalue weighted by atomic mass is 32.2. The standard InChI is InChI=1S/C17H23N3O2S/c1-10(2)13(5)18-15(21)9-23-17-20-19-16(22-17)14-7-11(3)6-12(4)8-14/h6-8,10,13H,9H2,1-5H3,(H,18,21)/t13-/m1/s1. The first kappa shape index (κ1) is 17.5. The van der Waals surface area contributed by atoms with Gasteiger partial charge in [-0.15, -0.1) is 10.2 Å². The summed E-state index contributed by atoms with van der Waals surface area (Å²) in [5.74, 6) is 1.13. The number of hydrogen-bond acceptors (Lipinski definition) is 5. The molecule has 0 radical (unpaired) electrons. The zero-order chi connectivity index (χ0) is 17.0. The Balaban J connectivity index is 1.96. The van der Waals surface area contributed by atoms with Gasteiger partial charge in [-0.1, -0.05) is 42.8 Å². The lowest BCUT2D eigenvalue weighted by Gasteiger charge is -2.16. The Labute approximate surface area is 141 Å². The summed E-state index contributed by atoms with van der Waals surface area (Å²) in [6.45, 7) is 10.2. The second-order valence-electron chi connectivity index (χ2n) is 6.14. The molecule has 1 heterocycles. The smallest absolute Gasteiger partial charge is 0.277 e. The average Bonchev–Trinajstić information content (AvgIpc) is 2.93. The van der Waals surface area contributed by atoms with Gasteiger partial charge in [0.25, 0.3) is 5.22 Å². The molecule has 5 nitrogen and oxygen atoms in total. The summed E-state index contributed by atoms with van der Waals surface area (Å²) in [4.78, 5) is 11.9. The number of benzene rings is 1. The van der Waals surface area contributed by atoms with E-state index >= 15 is 0 Å². The molecule has 0 saturated heterocycles. The maximum Gasteiger partial charge on any atom is 0.277 e. The zero-order valence-electron chi connectivity index (χ0n) is 14.2. The summed E-state index contributed by atoms with van der Waals surface area (Å²) in [5.41, 5.74) is 3.20. The molecule has 1 atom stereocenters. The van der Waals surface area contributed by atoms with Crippen LogP contribution in [0.4, 0.5) is 0 Å². The fourth-order valence-corrected chi connectivity index (χ4v) is 2.65. The van der Waals surface area contributed by atoms with E-state index in [-0.39, 0.29) is 17.7 Å². The number of amides is 1. The maximum absolute atomic E-state index is 11.9. The Bertz CT molecular complexity index is 662. The van der Waals surface area contributed by atoms with Crippen molar-refractivity contribution in [2.24, 2.45) is 5.92 Å². The van der Waals surface area contributed by atoms with E-state index in [4.69, 9.17) is 4.42 Å². The van der Waals surface area contributed by atoms with Gasteiger partial charge >= 0.3 is 0 Å². The number of rotatable bonds is 6. The van der Waals surface area contributed by atoms with E-state index in [0.29, 0.717) is 17.0 Å². The van der Waals surface area contributed by atoms with Crippen molar-refractivity contribution in [3.05, 3.63) is 29.3 Å². The van der Waals surface area contributed by atoms with Crippen molar-refractivity contribution in [3.63, 3.8) is 0 Å². The largest absolute Gasteiger partial charge is 0.411 e. The molecule has 2 rings (SSSR count). The fraction of sp³-hybridized carbons (Fsp3) is 0.471. The van der Waals surface area contributed by atoms with Crippen molar-refractivity contribution in [1.82, 2.24) is 15.5 Å². The van der Waals surface area contributed by atoms with Crippen LogP contribution in [0, 0.1) is 19.8 Å². The molecule has 0 saturated carbocycles. The van der Waals surface area contributed by atoms with Crippen molar-refractivity contribution in [3.8, 4) is 11.5 Å². The first-order chi connectivity index (χ1) is 10.8. The summed E-state index contributed by atoms with van der Waals surface area (Å²) in [6.07, 6.45) is 0. The molecule has 23 heavy (non-hydrogen) atoms. The number of thioether (sulfide) groups is 1. The van der Waals surface area contributed by atoms with Gasteiger partial charge in [-0.25, -0.2) is 0 Å². The molecule has 1 aromatic heterocycles. The molecule has 0 spiro atoms. The predicted octanol–water partition coefficient (Wildman–Crippen LogP) is 3.61. The third kappa shape index (κ3) is 5.10. The molecule has 0 bridgehead atoms. The number of nitrogens with one attached hydrogen (secondary N) is 1. The third-order valence-electron chi connectivity index (χ3n) is 3.59. The van der Waals surface area contributed by atoms with Crippen LogP contribution in [0.15, 0.2) is 27.8 Å². The maximum atomic E-state index is 11.9. The summed E-state index contributed by atoms with van der Waals surface area (Å²) >= 11 is 1.25. The van der Waals surface area contributed by atoms with E-state index in [1.54, 1.807) is 0 Å². The Hall–Kier alpha value is -1.82. The second kappa shape index (κ2) is 7.64. The Morgan fingerprint density at radius 3 is 2.43 bits per heavy atom. The van der Waals surface area contributed by atoms with Gasteiger partial charge in [0.15, 0.2) is 0 Å². The lowest BCUT2D eigenvalue weighted by molar-refractivity contribution is -0.119. The minimum Gasteiger partial charge on any atom is -0.411 e. The average molecular weight is 333 g/mol. The van der Waals surface area contributed by atoms with Gasteiger partial charge in [-0.2, -0.15) is 0 Å². The fourth-order valence-electron chi connectivity index (χ4n) is 2.07. The number of hydrogen-bond donors (Lipinski definition) is 1. The molecule has 0 aliphatic heterocycles. The molecular formula is C17H23N3O2S. The van der Waals surface area contributed by atoms with Crippen LogP contribution in [-0.4, -0.2) is 27.9 Å². The number of carbonyl (C=O) groups excluding carboxylic acids is 1. The van der Waals surface area contributed by atoms with E-state index < -0.39 is 0 Å². The van der Waals surface area contributed by atoms with Crippen LogP contribution in [-0.2, 0) is 4.79 Å². The van der Waals surface area contributed by atoms with Crippen molar-refractivity contribution < 1.29 is 9.21 Å². The predicted molar refractivity (Wildman–Crippen MR) is 92.4 cm³/mol. The SMILES string of the molecule is Cc1cc(C)cc(-c2nnc(SCC(=O)N[C@H](C)C(C)C)o2)c1. The van der Waals surface area contributed by atoms with Crippen LogP contribution < -0.4 is 5.32 Å². The van der Waals surface area contributed by atoms with E-state index in [1.807, 2.05) is 32.9 Å². The normalized spacial score (nSPS) is 12.4. The van der Waals surface area contributed by atoms with Gasteiger partial charge in [0.05, 0.1) is 5.75 Å². The van der Waals surface area contributed by atoms with E-state index in [0.717, 1.165) is 16.7 Å². The highest BCUT2D eigenvalue weighted by Crippen LogP contribution is 2.24. The molecular weight excluding hydrogens is 310 g/mol. The minimum absolute atomic E-state index is 0.0256. The molecule has 2 aromatic rings. The van der Waals surface area contributed by atoms with Gasteiger partial charge in [0.1, 0.15) is 0 Å². The third-order valence-corrected chi connectivity index (χ3v) is 4.41. The van der Waals surface area contributed by atoms with Crippen molar-refractivity contribution >= 4 is 17.7 Å². The zero-order valence-corrected chi connectivity index (χ0v) is 15.0. The summed E-state index contributed by atoms with van der Waals surface area (Å²) < 4.78 is 5.64. The highest BCUT2D eigenvalue weighted by Gasteiger charge is 2.14. The van der Waals surface area contributed by atoms with Crippen molar-refractivity contribution in [2.75, 3.05) is 5.75 Å². The Morgan fingerprint density at radius 1 is 1.17 bits per heavy atom. The molecule has 1 amide bonds. The molecule has 0 unspecified atom stereocenters. The molecule has 124 valence electrons. The summed E-state index contributed by atoms with van der Waals surface area (Å²) in [7, 11) is 0. The number of nitrogens with zero attached hydrogens (tertiary/aromatic N) is 2. The molecule has 1 aromatic carbocycles.